The SMILES string of the molecule is CC/C=C\C/C=C\C/C=C\CCCCCCCCCCCC(=O)OCC(COC(=O)CCCCCCC/C=C\CCCCCCCCCCC)OC(=O)CCCCCCC\C=C/C=C\C=C/C=C\CCCCC. The molecule has 0 rings (SSSR count). The van der Waals surface area contributed by atoms with Gasteiger partial charge < -0.3 is 14.2 Å². The summed E-state index contributed by atoms with van der Waals surface area (Å²) in [6.07, 6.45) is 81.1. The lowest BCUT2D eigenvalue weighted by Crippen LogP contribution is -2.30. The van der Waals surface area contributed by atoms with Crippen LogP contribution in [0.15, 0.2) is 97.2 Å². The van der Waals surface area contributed by atoms with Gasteiger partial charge in [0.2, 0.25) is 0 Å². The Kier molecular flexibility index (Phi) is 57.8. The number of rotatable bonds is 55. The van der Waals surface area contributed by atoms with E-state index in [2.05, 4.69) is 118 Å². The van der Waals surface area contributed by atoms with Crippen molar-refractivity contribution in [2.45, 2.75) is 297 Å². The summed E-state index contributed by atoms with van der Waals surface area (Å²) in [5.41, 5.74) is 0. The summed E-state index contributed by atoms with van der Waals surface area (Å²) in [6.45, 7) is 6.48. The summed E-state index contributed by atoms with van der Waals surface area (Å²) < 4.78 is 16.9. The standard InChI is InChI=1S/C67H114O6/c1-4-7-10-13-16-19-22-25-28-31-34-37-39-42-45-48-51-54-57-60-66(69)72-63-64(73-67(70)61-58-55-52-49-46-43-40-36-33-30-27-24-21-18-15-12-9-6-3)62-71-65(68)59-56-53-50-47-44-41-38-35-32-29-26-23-20-17-14-11-8-5-2/h7,10,16,18-19,21,24-25,27-28,30,33,35-36,38,40,64H,4-6,8-9,11-15,17,20,22-23,26,29,31-32,34,37,39,41-63H2,1-3H3/b10-7-,19-16-,21-18-,27-24-,28-25-,33-30-,38-35-,40-36-. The third-order valence-corrected chi connectivity index (χ3v) is 13.1. The van der Waals surface area contributed by atoms with E-state index in [1.165, 1.54) is 141 Å². The van der Waals surface area contributed by atoms with Gasteiger partial charge in [0.15, 0.2) is 6.10 Å². The van der Waals surface area contributed by atoms with Crippen LogP contribution in [0.4, 0.5) is 0 Å². The minimum absolute atomic E-state index is 0.0928. The molecule has 0 bridgehead atoms. The van der Waals surface area contributed by atoms with Crippen molar-refractivity contribution in [3.63, 3.8) is 0 Å². The fourth-order valence-electron chi connectivity index (χ4n) is 8.52. The largest absolute Gasteiger partial charge is 0.462 e. The van der Waals surface area contributed by atoms with E-state index in [1.54, 1.807) is 0 Å². The number of hydrogen-bond donors (Lipinski definition) is 0. The number of allylic oxidation sites excluding steroid dienone is 16. The second-order valence-corrected chi connectivity index (χ2v) is 20.3. The Hall–Kier alpha value is -3.67. The molecule has 0 amide bonds. The van der Waals surface area contributed by atoms with E-state index in [9.17, 15) is 14.4 Å². The van der Waals surface area contributed by atoms with E-state index in [-0.39, 0.29) is 31.1 Å². The Morgan fingerprint density at radius 1 is 0.301 bits per heavy atom. The first-order valence-electron chi connectivity index (χ1n) is 30.8. The molecule has 0 radical (unpaired) electrons. The molecule has 6 heteroatoms. The highest BCUT2D eigenvalue weighted by molar-refractivity contribution is 5.71. The molecular formula is C67H114O6. The van der Waals surface area contributed by atoms with Crippen LogP contribution in [0.5, 0.6) is 0 Å². The lowest BCUT2D eigenvalue weighted by molar-refractivity contribution is -0.167. The first-order chi connectivity index (χ1) is 36.0. The third kappa shape index (κ3) is 59.1. The quantitative estimate of drug-likeness (QED) is 0.0199. The van der Waals surface area contributed by atoms with Crippen LogP contribution in [-0.2, 0) is 28.6 Å². The van der Waals surface area contributed by atoms with E-state index in [0.29, 0.717) is 19.3 Å². The van der Waals surface area contributed by atoms with E-state index in [1.807, 2.05) is 0 Å². The van der Waals surface area contributed by atoms with Crippen LogP contribution >= 0.6 is 0 Å². The molecule has 0 aliphatic rings. The predicted octanol–water partition coefficient (Wildman–Crippen LogP) is 20.9. The zero-order valence-electron chi connectivity index (χ0n) is 47.9. The molecule has 0 saturated carbocycles. The highest BCUT2D eigenvalue weighted by atomic mass is 16.6. The summed E-state index contributed by atoms with van der Waals surface area (Å²) in [5, 5.41) is 0. The molecule has 6 nitrogen and oxygen atoms in total. The number of hydrogen-bond acceptors (Lipinski definition) is 6. The van der Waals surface area contributed by atoms with Gasteiger partial charge >= 0.3 is 17.9 Å². The zero-order chi connectivity index (χ0) is 52.9. The minimum atomic E-state index is -0.798. The van der Waals surface area contributed by atoms with Crippen molar-refractivity contribution >= 4 is 17.9 Å². The van der Waals surface area contributed by atoms with Crippen LogP contribution in [0.2, 0.25) is 0 Å². The average Bonchev–Trinajstić information content (AvgIpc) is 3.39. The van der Waals surface area contributed by atoms with Gasteiger partial charge in [0.25, 0.3) is 0 Å². The highest BCUT2D eigenvalue weighted by Gasteiger charge is 2.19. The molecule has 0 saturated heterocycles. The van der Waals surface area contributed by atoms with E-state index in [0.717, 1.165) is 109 Å². The molecule has 0 aliphatic heterocycles. The maximum absolute atomic E-state index is 12.9. The molecule has 0 fully saturated rings. The van der Waals surface area contributed by atoms with E-state index >= 15 is 0 Å². The molecule has 0 aromatic heterocycles. The van der Waals surface area contributed by atoms with Gasteiger partial charge in [0.05, 0.1) is 0 Å². The smallest absolute Gasteiger partial charge is 0.306 e. The molecule has 0 aromatic carbocycles. The molecular weight excluding hydrogens is 901 g/mol. The van der Waals surface area contributed by atoms with Crippen molar-refractivity contribution in [2.75, 3.05) is 13.2 Å². The fourth-order valence-corrected chi connectivity index (χ4v) is 8.52. The number of esters is 3. The molecule has 1 atom stereocenters. The normalized spacial score (nSPS) is 12.8. The monoisotopic (exact) mass is 1010 g/mol. The van der Waals surface area contributed by atoms with Crippen LogP contribution in [0, 0.1) is 0 Å². The Bertz CT molecular complexity index is 1440. The second-order valence-electron chi connectivity index (χ2n) is 20.3. The van der Waals surface area contributed by atoms with Crippen LogP contribution in [0.1, 0.15) is 290 Å². The van der Waals surface area contributed by atoms with Crippen LogP contribution in [0.25, 0.3) is 0 Å². The van der Waals surface area contributed by atoms with Gasteiger partial charge in [-0.1, -0.05) is 266 Å². The van der Waals surface area contributed by atoms with Crippen molar-refractivity contribution < 1.29 is 28.6 Å². The molecule has 0 aromatic rings. The van der Waals surface area contributed by atoms with Crippen molar-refractivity contribution in [1.82, 2.24) is 0 Å². The van der Waals surface area contributed by atoms with Crippen LogP contribution in [0.3, 0.4) is 0 Å². The summed E-state index contributed by atoms with van der Waals surface area (Å²) in [5.74, 6) is -0.921. The minimum Gasteiger partial charge on any atom is -0.462 e. The number of carbonyl (C=O) groups is 3. The number of ether oxygens (including phenoxy) is 3. The summed E-state index contributed by atoms with van der Waals surface area (Å²) in [4.78, 5) is 38.3. The van der Waals surface area contributed by atoms with E-state index in [4.69, 9.17) is 14.2 Å². The van der Waals surface area contributed by atoms with E-state index < -0.39 is 6.10 Å². The van der Waals surface area contributed by atoms with Gasteiger partial charge in [0.1, 0.15) is 13.2 Å². The van der Waals surface area contributed by atoms with Crippen LogP contribution < -0.4 is 0 Å². The number of carbonyl (C=O) groups excluding carboxylic acids is 3. The molecule has 73 heavy (non-hydrogen) atoms. The van der Waals surface area contributed by atoms with Crippen LogP contribution in [-0.4, -0.2) is 37.2 Å². The average molecular weight is 1020 g/mol. The second kappa shape index (κ2) is 60.9. The van der Waals surface area contributed by atoms with Gasteiger partial charge in [-0.3, -0.25) is 14.4 Å². The number of unbranched alkanes of at least 4 members (excludes halogenated alkanes) is 31. The first kappa shape index (κ1) is 69.3. The maximum Gasteiger partial charge on any atom is 0.306 e. The lowest BCUT2D eigenvalue weighted by Gasteiger charge is -2.18. The Labute approximate surface area is 451 Å². The zero-order valence-corrected chi connectivity index (χ0v) is 47.9. The van der Waals surface area contributed by atoms with Gasteiger partial charge in [-0.05, 0) is 103 Å². The topological polar surface area (TPSA) is 78.9 Å². The molecule has 0 aliphatic carbocycles. The molecule has 0 spiro atoms. The Morgan fingerprint density at radius 2 is 0.589 bits per heavy atom. The Morgan fingerprint density at radius 3 is 1.00 bits per heavy atom. The molecule has 418 valence electrons. The van der Waals surface area contributed by atoms with Gasteiger partial charge in [-0.25, -0.2) is 0 Å². The summed E-state index contributed by atoms with van der Waals surface area (Å²) in [6, 6.07) is 0. The summed E-state index contributed by atoms with van der Waals surface area (Å²) in [7, 11) is 0. The van der Waals surface area contributed by atoms with Crippen molar-refractivity contribution in [1.29, 1.82) is 0 Å². The Balaban J connectivity index is 4.45. The highest BCUT2D eigenvalue weighted by Crippen LogP contribution is 2.15. The van der Waals surface area contributed by atoms with Crippen molar-refractivity contribution in [3.8, 4) is 0 Å². The molecule has 1 unspecified atom stereocenters. The maximum atomic E-state index is 12.9. The van der Waals surface area contributed by atoms with Crippen molar-refractivity contribution in [2.24, 2.45) is 0 Å². The van der Waals surface area contributed by atoms with Gasteiger partial charge in [-0.15, -0.1) is 0 Å². The fraction of sp³-hybridized carbons (Fsp3) is 0.716. The molecule has 0 N–H and O–H groups in total. The lowest BCUT2D eigenvalue weighted by atomic mass is 10.1. The molecule has 0 heterocycles. The predicted molar refractivity (Wildman–Crippen MR) is 316 cm³/mol. The van der Waals surface area contributed by atoms with Crippen molar-refractivity contribution in [3.05, 3.63) is 97.2 Å². The van der Waals surface area contributed by atoms with Gasteiger partial charge in [0, 0.05) is 19.3 Å². The van der Waals surface area contributed by atoms with Gasteiger partial charge in [-0.2, -0.15) is 0 Å². The summed E-state index contributed by atoms with van der Waals surface area (Å²) >= 11 is 0. The third-order valence-electron chi connectivity index (χ3n) is 13.1. The first-order valence-corrected chi connectivity index (χ1v) is 30.8.